The summed E-state index contributed by atoms with van der Waals surface area (Å²) in [5.41, 5.74) is 9.10. The maximum Gasteiger partial charge on any atom is 0.128 e. The van der Waals surface area contributed by atoms with Crippen molar-refractivity contribution in [2.45, 2.75) is 24.7 Å². The predicted octanol–water partition coefficient (Wildman–Crippen LogP) is 4.54. The van der Waals surface area contributed by atoms with E-state index in [9.17, 15) is 5.26 Å². The van der Waals surface area contributed by atoms with Crippen LogP contribution >= 0.6 is 23.1 Å². The van der Waals surface area contributed by atoms with Gasteiger partial charge in [-0.2, -0.15) is 5.26 Å². The summed E-state index contributed by atoms with van der Waals surface area (Å²) in [7, 11) is 0. The third-order valence-corrected chi connectivity index (χ3v) is 4.98. The molecule has 0 radical (unpaired) electrons. The van der Waals surface area contributed by atoms with Crippen LogP contribution in [0.5, 0.6) is 0 Å². The molecule has 1 aromatic heterocycles. The summed E-state index contributed by atoms with van der Waals surface area (Å²) in [6.45, 7) is 2.13. The van der Waals surface area contributed by atoms with Gasteiger partial charge in [-0.1, -0.05) is 31.5 Å². The molecule has 2 rings (SSSR count). The second-order valence-corrected chi connectivity index (χ2v) is 6.08. The van der Waals surface area contributed by atoms with Crippen molar-refractivity contribution in [1.29, 1.82) is 5.26 Å². The number of hydrogen-bond donors (Lipinski definition) is 1. The van der Waals surface area contributed by atoms with Crippen molar-refractivity contribution >= 4 is 28.8 Å². The Bertz CT molecular complexity index is 624. The van der Waals surface area contributed by atoms with Gasteiger partial charge in [0.1, 0.15) is 10.9 Å². The lowest BCUT2D eigenvalue weighted by Gasteiger charge is -2.08. The van der Waals surface area contributed by atoms with Crippen LogP contribution in [0.3, 0.4) is 0 Å². The first-order chi connectivity index (χ1) is 9.22. The van der Waals surface area contributed by atoms with Gasteiger partial charge in [0, 0.05) is 15.3 Å². The van der Waals surface area contributed by atoms with E-state index in [4.69, 9.17) is 5.73 Å². The molecule has 19 heavy (non-hydrogen) atoms. The van der Waals surface area contributed by atoms with Gasteiger partial charge < -0.3 is 5.73 Å². The van der Waals surface area contributed by atoms with Gasteiger partial charge in [-0.05, 0) is 24.3 Å². The highest BCUT2D eigenvalue weighted by atomic mass is 32.2. The van der Waals surface area contributed by atoms with Gasteiger partial charge in [-0.25, -0.2) is 0 Å². The van der Waals surface area contributed by atoms with Gasteiger partial charge in [-0.3, -0.25) is 0 Å². The molecule has 0 aliphatic carbocycles. The third-order valence-electron chi connectivity index (χ3n) is 3.00. The summed E-state index contributed by atoms with van der Waals surface area (Å²) in [5.74, 6) is 0. The summed E-state index contributed by atoms with van der Waals surface area (Å²) in [5, 5.41) is 9.17. The van der Waals surface area contributed by atoms with Crippen LogP contribution in [0.2, 0.25) is 0 Å². The molecule has 2 aromatic rings. The van der Waals surface area contributed by atoms with Crippen LogP contribution in [0.1, 0.15) is 23.8 Å². The number of anilines is 1. The number of rotatable bonds is 4. The van der Waals surface area contributed by atoms with Gasteiger partial charge in [0.25, 0.3) is 0 Å². The van der Waals surface area contributed by atoms with E-state index >= 15 is 0 Å². The number of nitrogens with two attached hydrogens (primary N) is 1. The zero-order valence-corrected chi connectivity index (χ0v) is 12.7. The average Bonchev–Trinajstić information content (AvgIpc) is 2.76. The molecule has 0 spiro atoms. The summed E-state index contributed by atoms with van der Waals surface area (Å²) >= 11 is 3.23. The van der Waals surface area contributed by atoms with Crippen molar-refractivity contribution < 1.29 is 0 Å². The Morgan fingerprint density at radius 3 is 2.74 bits per heavy atom. The highest BCUT2D eigenvalue weighted by Crippen LogP contribution is 2.42. The molecule has 2 N–H and O–H groups in total. The lowest BCUT2D eigenvalue weighted by molar-refractivity contribution is 0.929. The first-order valence-corrected chi connectivity index (χ1v) is 8.21. The molecule has 0 aliphatic rings. The molecule has 0 saturated carbocycles. The summed E-state index contributed by atoms with van der Waals surface area (Å²) < 4.78 is 0. The minimum absolute atomic E-state index is 0.634. The van der Waals surface area contributed by atoms with Crippen LogP contribution in [0.15, 0.2) is 29.2 Å². The Kier molecular flexibility index (Phi) is 4.52. The average molecular weight is 288 g/mol. The number of hydrogen-bond acceptors (Lipinski definition) is 4. The number of nitriles is 1. The van der Waals surface area contributed by atoms with E-state index in [0.717, 1.165) is 23.3 Å². The van der Waals surface area contributed by atoms with E-state index in [1.807, 2.05) is 12.1 Å². The molecular weight excluding hydrogens is 272 g/mol. The number of thioether (sulfide) groups is 1. The number of thiophene rings is 1. The summed E-state index contributed by atoms with van der Waals surface area (Å²) in [6.07, 6.45) is 4.02. The minimum Gasteiger partial charge on any atom is -0.397 e. The van der Waals surface area contributed by atoms with Crippen LogP contribution in [-0.2, 0) is 6.42 Å². The predicted molar refractivity (Wildman–Crippen MR) is 84.7 cm³/mol. The van der Waals surface area contributed by atoms with Crippen molar-refractivity contribution in [2.75, 3.05) is 12.0 Å². The molecule has 0 unspecified atom stereocenters. The van der Waals surface area contributed by atoms with Crippen molar-refractivity contribution in [1.82, 2.24) is 0 Å². The SMILES string of the molecule is CCCc1c(-c2ccccc2SC)sc(C#N)c1N. The van der Waals surface area contributed by atoms with E-state index in [2.05, 4.69) is 31.4 Å². The van der Waals surface area contributed by atoms with Gasteiger partial charge in [0.2, 0.25) is 0 Å². The summed E-state index contributed by atoms with van der Waals surface area (Å²) in [6, 6.07) is 10.5. The first kappa shape index (κ1) is 14.0. The fourth-order valence-corrected chi connectivity index (χ4v) is 3.88. The first-order valence-electron chi connectivity index (χ1n) is 6.17. The molecule has 4 heteroatoms. The van der Waals surface area contributed by atoms with Crippen LogP contribution in [0, 0.1) is 11.3 Å². The second kappa shape index (κ2) is 6.14. The van der Waals surface area contributed by atoms with Gasteiger partial charge >= 0.3 is 0 Å². The van der Waals surface area contributed by atoms with Gasteiger partial charge in [0.05, 0.1) is 5.69 Å². The van der Waals surface area contributed by atoms with Crippen molar-refractivity contribution in [3.63, 3.8) is 0 Å². The topological polar surface area (TPSA) is 49.8 Å². The molecule has 1 aromatic carbocycles. The second-order valence-electron chi connectivity index (χ2n) is 4.21. The Hall–Kier alpha value is -1.44. The molecule has 0 saturated heterocycles. The zero-order chi connectivity index (χ0) is 13.8. The van der Waals surface area contributed by atoms with Crippen molar-refractivity contribution in [2.24, 2.45) is 0 Å². The quantitative estimate of drug-likeness (QED) is 0.840. The van der Waals surface area contributed by atoms with Crippen LogP contribution < -0.4 is 5.73 Å². The molecule has 1 heterocycles. The van der Waals surface area contributed by atoms with Crippen LogP contribution in [0.25, 0.3) is 10.4 Å². The van der Waals surface area contributed by atoms with Crippen molar-refractivity contribution in [3.8, 4) is 16.5 Å². The largest absolute Gasteiger partial charge is 0.397 e. The highest BCUT2D eigenvalue weighted by molar-refractivity contribution is 7.98. The number of nitrogen functional groups attached to an aromatic ring is 1. The lowest BCUT2D eigenvalue weighted by atomic mass is 10.0. The number of nitrogens with zero attached hydrogens (tertiary/aromatic N) is 1. The fraction of sp³-hybridized carbons (Fsp3) is 0.267. The molecule has 98 valence electrons. The maximum atomic E-state index is 9.17. The zero-order valence-electron chi connectivity index (χ0n) is 11.1. The highest BCUT2D eigenvalue weighted by Gasteiger charge is 2.18. The Morgan fingerprint density at radius 2 is 2.11 bits per heavy atom. The third kappa shape index (κ3) is 2.63. The maximum absolute atomic E-state index is 9.17. The Morgan fingerprint density at radius 1 is 1.37 bits per heavy atom. The summed E-state index contributed by atoms with van der Waals surface area (Å²) in [4.78, 5) is 3.01. The monoisotopic (exact) mass is 288 g/mol. The van der Waals surface area contributed by atoms with Gasteiger partial charge in [-0.15, -0.1) is 23.1 Å². The van der Waals surface area contributed by atoms with Crippen molar-refractivity contribution in [3.05, 3.63) is 34.7 Å². The molecule has 2 nitrogen and oxygen atoms in total. The standard InChI is InChI=1S/C15H16N2S2/c1-3-6-11-14(17)13(9-16)19-15(11)10-7-4-5-8-12(10)18-2/h4-5,7-8H,3,6,17H2,1-2H3. The van der Waals surface area contributed by atoms with E-state index < -0.39 is 0 Å². The normalized spacial score (nSPS) is 10.4. The Labute approximate surface area is 122 Å². The molecule has 0 fully saturated rings. The van der Waals surface area contributed by atoms with E-state index in [-0.39, 0.29) is 0 Å². The molecule has 0 bridgehead atoms. The Balaban J connectivity index is 2.64. The van der Waals surface area contributed by atoms with E-state index in [0.29, 0.717) is 10.6 Å². The fourth-order valence-electron chi connectivity index (χ4n) is 2.11. The molecule has 0 amide bonds. The molecular formula is C15H16N2S2. The van der Waals surface area contributed by atoms with Gasteiger partial charge in [0.15, 0.2) is 0 Å². The van der Waals surface area contributed by atoms with E-state index in [1.54, 1.807) is 11.8 Å². The smallest absolute Gasteiger partial charge is 0.128 e. The molecule has 0 atom stereocenters. The number of benzene rings is 1. The molecule has 0 aliphatic heterocycles. The van der Waals surface area contributed by atoms with E-state index in [1.165, 1.54) is 21.8 Å². The van der Waals surface area contributed by atoms with Crippen LogP contribution in [0.4, 0.5) is 5.69 Å². The minimum atomic E-state index is 0.634. The van der Waals surface area contributed by atoms with Crippen LogP contribution in [-0.4, -0.2) is 6.26 Å². The lowest BCUT2D eigenvalue weighted by Crippen LogP contribution is -1.93.